The molecule has 0 amide bonds. The van der Waals surface area contributed by atoms with E-state index < -0.39 is 10.0 Å². The summed E-state index contributed by atoms with van der Waals surface area (Å²) in [7, 11) is -3.58. The largest absolute Gasteiger partial charge is 0.244 e. The van der Waals surface area contributed by atoms with Crippen LogP contribution in [0, 0.1) is 19.3 Å². The Kier molecular flexibility index (Phi) is 4.87. The van der Waals surface area contributed by atoms with Crippen molar-refractivity contribution in [3.63, 3.8) is 0 Å². The number of benzene rings is 1. The van der Waals surface area contributed by atoms with E-state index in [0.29, 0.717) is 4.90 Å². The van der Waals surface area contributed by atoms with Gasteiger partial charge in [-0.2, -0.15) is 4.31 Å². The molecule has 0 heterocycles. The molecule has 2 rings (SSSR count). The van der Waals surface area contributed by atoms with Gasteiger partial charge in [-0.05, 0) is 38.3 Å². The van der Waals surface area contributed by atoms with Crippen molar-refractivity contribution in [2.75, 3.05) is 6.54 Å². The lowest BCUT2D eigenvalue weighted by molar-refractivity contribution is 0.330. The van der Waals surface area contributed by atoms with Crippen molar-refractivity contribution in [2.24, 2.45) is 0 Å². The molecule has 1 aromatic rings. The number of sulfonamides is 1. The fourth-order valence-electron chi connectivity index (χ4n) is 2.71. The lowest BCUT2D eigenvalue weighted by atomic mass is 9.91. The Balaban J connectivity index is 2.38. The maximum absolute atomic E-state index is 12.9. The number of hydrogen-bond donors (Lipinski definition) is 0. The van der Waals surface area contributed by atoms with Crippen molar-refractivity contribution < 1.29 is 8.42 Å². The summed E-state index contributed by atoms with van der Waals surface area (Å²) < 4.78 is 27.2. The number of hydrogen-bond acceptors (Lipinski definition) is 2. The minimum absolute atomic E-state index is 0.0832. The molecule has 0 saturated heterocycles. The monoisotopic (exact) mass is 303 g/mol. The smallest absolute Gasteiger partial charge is 0.207 e. The highest BCUT2D eigenvalue weighted by molar-refractivity contribution is 7.89. The van der Waals surface area contributed by atoms with Crippen LogP contribution < -0.4 is 0 Å². The fourth-order valence-corrected chi connectivity index (χ4v) is 4.29. The number of terminal acetylenes is 1. The van der Waals surface area contributed by atoms with Gasteiger partial charge in [0.25, 0.3) is 0 Å². The van der Waals surface area contributed by atoms with Gasteiger partial charge in [0.05, 0.1) is 11.4 Å². The summed E-state index contributed by atoms with van der Waals surface area (Å²) in [5, 5.41) is 0. The van der Waals surface area contributed by atoms with Crippen LogP contribution in [0.4, 0.5) is 0 Å². The van der Waals surface area contributed by atoms with Crippen LogP contribution >= 0.6 is 0 Å². The molecule has 21 heavy (non-hydrogen) atoms. The van der Waals surface area contributed by atoms with Crippen molar-refractivity contribution in [1.29, 1.82) is 0 Å². The first-order valence-corrected chi connectivity index (χ1v) is 8.60. The molecular formula is C17H21NO2S. The number of aryl methyl sites for hydroxylation is 1. The van der Waals surface area contributed by atoms with Crippen molar-refractivity contribution in [1.82, 2.24) is 4.31 Å². The Labute approximate surface area is 127 Å². The summed E-state index contributed by atoms with van der Waals surface area (Å²) in [4.78, 5) is 0.293. The topological polar surface area (TPSA) is 37.4 Å². The molecular weight excluding hydrogens is 282 g/mol. The van der Waals surface area contributed by atoms with Gasteiger partial charge in [-0.15, -0.1) is 6.42 Å². The van der Waals surface area contributed by atoms with E-state index >= 15 is 0 Å². The van der Waals surface area contributed by atoms with Crippen LogP contribution in [0.15, 0.2) is 41.3 Å². The van der Waals surface area contributed by atoms with Crippen LogP contribution in [-0.4, -0.2) is 25.3 Å². The van der Waals surface area contributed by atoms with Crippen molar-refractivity contribution in [2.45, 2.75) is 43.5 Å². The van der Waals surface area contributed by atoms with Crippen molar-refractivity contribution in [3.05, 3.63) is 42.0 Å². The predicted molar refractivity (Wildman–Crippen MR) is 85.3 cm³/mol. The molecule has 0 N–H and O–H groups in total. The Hall–Kier alpha value is -1.57. The Morgan fingerprint density at radius 2 is 2.00 bits per heavy atom. The van der Waals surface area contributed by atoms with E-state index in [9.17, 15) is 8.42 Å². The molecule has 0 aliphatic heterocycles. The third-order valence-electron chi connectivity index (χ3n) is 3.92. The van der Waals surface area contributed by atoms with Gasteiger partial charge in [0.1, 0.15) is 0 Å². The molecule has 0 bridgehead atoms. The molecule has 3 nitrogen and oxygen atoms in total. The summed E-state index contributed by atoms with van der Waals surface area (Å²) in [5.74, 6) is 2.48. The van der Waals surface area contributed by atoms with E-state index in [1.807, 2.05) is 6.92 Å². The lowest BCUT2D eigenvalue weighted by Crippen LogP contribution is -2.42. The average Bonchev–Trinajstić information content (AvgIpc) is 2.46. The third-order valence-corrected chi connectivity index (χ3v) is 5.79. The van der Waals surface area contributed by atoms with Gasteiger partial charge < -0.3 is 0 Å². The van der Waals surface area contributed by atoms with Crippen LogP contribution in [0.3, 0.4) is 0 Å². The second-order valence-electron chi connectivity index (χ2n) is 5.49. The molecule has 1 aliphatic carbocycles. The standard InChI is InChI=1S/C17H21NO2S/c1-4-13-18(17-8-6-5-7-15(17)3)21(19,20)16-11-9-14(2)10-12-16/h1,9-12,17H,3,5-8,13H2,2H3/t17-/m1/s1. The van der Waals surface area contributed by atoms with E-state index in [-0.39, 0.29) is 12.6 Å². The third kappa shape index (κ3) is 3.37. The summed E-state index contributed by atoms with van der Waals surface area (Å²) >= 11 is 0. The highest BCUT2D eigenvalue weighted by Crippen LogP contribution is 2.30. The van der Waals surface area contributed by atoms with Crippen molar-refractivity contribution in [3.8, 4) is 12.3 Å². The van der Waals surface area contributed by atoms with E-state index in [0.717, 1.165) is 36.8 Å². The SMILES string of the molecule is C#CCN([C@@H]1CCCCC1=C)S(=O)(=O)c1ccc(C)cc1. The molecule has 112 valence electrons. The number of nitrogens with zero attached hydrogens (tertiary/aromatic N) is 1. The van der Waals surface area contributed by atoms with E-state index in [1.165, 1.54) is 4.31 Å². The average molecular weight is 303 g/mol. The summed E-state index contributed by atoms with van der Waals surface area (Å²) in [5.41, 5.74) is 1.99. The zero-order valence-corrected chi connectivity index (χ0v) is 13.2. The fraction of sp³-hybridized carbons (Fsp3) is 0.412. The minimum atomic E-state index is -3.58. The first-order valence-electron chi connectivity index (χ1n) is 7.16. The molecule has 0 aromatic heterocycles. The Morgan fingerprint density at radius 1 is 1.33 bits per heavy atom. The highest BCUT2D eigenvalue weighted by Gasteiger charge is 2.33. The van der Waals surface area contributed by atoms with Gasteiger partial charge in [-0.1, -0.05) is 42.2 Å². The second kappa shape index (κ2) is 6.46. The summed E-state index contributed by atoms with van der Waals surface area (Å²) in [6.45, 7) is 6.06. The molecule has 1 fully saturated rings. The normalized spacial score (nSPS) is 19.5. The molecule has 0 spiro atoms. The van der Waals surface area contributed by atoms with Crippen LogP contribution in [0.2, 0.25) is 0 Å². The minimum Gasteiger partial charge on any atom is -0.207 e. The van der Waals surface area contributed by atoms with E-state index in [2.05, 4.69) is 12.5 Å². The molecule has 1 aromatic carbocycles. The second-order valence-corrected chi connectivity index (χ2v) is 7.38. The number of rotatable bonds is 4. The van der Waals surface area contributed by atoms with Gasteiger partial charge in [0.15, 0.2) is 0 Å². The Morgan fingerprint density at radius 3 is 2.57 bits per heavy atom. The maximum Gasteiger partial charge on any atom is 0.244 e. The maximum atomic E-state index is 12.9. The van der Waals surface area contributed by atoms with Gasteiger partial charge in [0.2, 0.25) is 10.0 Å². The summed E-state index contributed by atoms with van der Waals surface area (Å²) in [6.07, 6.45) is 9.14. The van der Waals surface area contributed by atoms with E-state index in [4.69, 9.17) is 6.42 Å². The van der Waals surface area contributed by atoms with Gasteiger partial charge >= 0.3 is 0 Å². The molecule has 1 aliphatic rings. The van der Waals surface area contributed by atoms with Crippen LogP contribution in [-0.2, 0) is 10.0 Å². The van der Waals surface area contributed by atoms with Crippen LogP contribution in [0.5, 0.6) is 0 Å². The molecule has 1 saturated carbocycles. The quantitative estimate of drug-likeness (QED) is 0.633. The molecule has 4 heteroatoms. The first-order chi connectivity index (χ1) is 9.96. The van der Waals surface area contributed by atoms with Gasteiger partial charge in [-0.25, -0.2) is 8.42 Å². The first kappa shape index (κ1) is 15.8. The summed E-state index contributed by atoms with van der Waals surface area (Å²) in [6, 6.07) is 6.70. The molecule has 0 unspecified atom stereocenters. The van der Waals surface area contributed by atoms with Crippen LogP contribution in [0.1, 0.15) is 31.2 Å². The molecule has 1 atom stereocenters. The highest BCUT2D eigenvalue weighted by atomic mass is 32.2. The Bertz CT molecular complexity index is 653. The van der Waals surface area contributed by atoms with Gasteiger partial charge in [-0.3, -0.25) is 0 Å². The lowest BCUT2D eigenvalue weighted by Gasteiger charge is -2.33. The van der Waals surface area contributed by atoms with Crippen molar-refractivity contribution >= 4 is 10.0 Å². The van der Waals surface area contributed by atoms with Gasteiger partial charge in [0, 0.05) is 6.04 Å². The predicted octanol–water partition coefficient (Wildman–Crippen LogP) is 3.12. The zero-order chi connectivity index (χ0) is 15.5. The van der Waals surface area contributed by atoms with Crippen LogP contribution in [0.25, 0.3) is 0 Å². The van der Waals surface area contributed by atoms with E-state index in [1.54, 1.807) is 24.3 Å². The zero-order valence-electron chi connectivity index (χ0n) is 12.4. The molecule has 0 radical (unpaired) electrons.